The molecular formula is C15H15ClN2O5S2. The van der Waals surface area contributed by atoms with Crippen LogP contribution in [-0.4, -0.2) is 29.7 Å². The molecule has 0 saturated carbocycles. The molecule has 0 aliphatic heterocycles. The van der Waals surface area contributed by atoms with Crippen molar-refractivity contribution in [2.45, 2.75) is 13.3 Å². The first-order valence-corrected chi connectivity index (χ1v) is 9.22. The van der Waals surface area contributed by atoms with Gasteiger partial charge < -0.3 is 4.74 Å². The average molecular weight is 403 g/mol. The smallest absolute Gasteiger partial charge is 0.308 e. The summed E-state index contributed by atoms with van der Waals surface area (Å²) >= 11 is 8.52. The van der Waals surface area contributed by atoms with Gasteiger partial charge in [0.15, 0.2) is 5.13 Å². The maximum Gasteiger partial charge on any atom is 0.308 e. The third-order valence-electron chi connectivity index (χ3n) is 2.78. The zero-order valence-electron chi connectivity index (χ0n) is 13.4. The summed E-state index contributed by atoms with van der Waals surface area (Å²) in [5.74, 6) is 0.0498. The summed E-state index contributed by atoms with van der Waals surface area (Å²) in [6, 6.07) is 4.42. The molecule has 7 nitrogen and oxygen atoms in total. The van der Waals surface area contributed by atoms with Crippen LogP contribution in [0.15, 0.2) is 23.6 Å². The highest BCUT2D eigenvalue weighted by Gasteiger charge is 2.13. The van der Waals surface area contributed by atoms with E-state index in [0.29, 0.717) is 22.9 Å². The number of hydrogen-bond donors (Lipinski definition) is 1. The maximum absolute atomic E-state index is 12.3. The van der Waals surface area contributed by atoms with Crippen molar-refractivity contribution in [3.63, 3.8) is 0 Å². The number of hydrogen-bond acceptors (Lipinski definition) is 8. The largest absolute Gasteiger partial charge is 0.425 e. The van der Waals surface area contributed by atoms with Crippen LogP contribution in [0.1, 0.15) is 23.0 Å². The summed E-state index contributed by atoms with van der Waals surface area (Å²) in [7, 11) is 1.44. The van der Waals surface area contributed by atoms with Crippen LogP contribution in [0.2, 0.25) is 5.02 Å². The van der Waals surface area contributed by atoms with Crippen molar-refractivity contribution in [2.24, 2.45) is 0 Å². The third-order valence-corrected chi connectivity index (χ3v) is 4.48. The highest BCUT2D eigenvalue weighted by atomic mass is 35.5. The number of carbonyl (C=O) groups is 2. The molecule has 134 valence electrons. The van der Waals surface area contributed by atoms with Crippen molar-refractivity contribution in [1.29, 1.82) is 0 Å². The Morgan fingerprint density at radius 1 is 1.40 bits per heavy atom. The molecule has 0 fully saturated rings. The van der Waals surface area contributed by atoms with Crippen LogP contribution in [0.3, 0.4) is 0 Å². The van der Waals surface area contributed by atoms with Crippen molar-refractivity contribution in [3.8, 4) is 5.75 Å². The maximum atomic E-state index is 12.3. The Bertz CT molecular complexity index is 753. The number of rotatable bonds is 8. The molecule has 0 spiro atoms. The zero-order valence-corrected chi connectivity index (χ0v) is 15.8. The van der Waals surface area contributed by atoms with Crippen molar-refractivity contribution in [2.75, 3.05) is 18.2 Å². The van der Waals surface area contributed by atoms with E-state index < -0.39 is 5.97 Å². The average Bonchev–Trinajstić information content (AvgIpc) is 3.00. The molecule has 1 heterocycles. The van der Waals surface area contributed by atoms with Gasteiger partial charge in [-0.05, 0) is 18.2 Å². The van der Waals surface area contributed by atoms with Gasteiger partial charge in [-0.25, -0.2) is 9.87 Å². The van der Waals surface area contributed by atoms with Crippen LogP contribution in [-0.2, 0) is 20.4 Å². The van der Waals surface area contributed by atoms with Gasteiger partial charge in [-0.2, -0.15) is 4.33 Å². The highest BCUT2D eigenvalue weighted by Crippen LogP contribution is 2.26. The van der Waals surface area contributed by atoms with Gasteiger partial charge in [0, 0.05) is 42.1 Å². The molecule has 2 rings (SSSR count). The first-order chi connectivity index (χ1) is 12.0. The number of anilines is 1. The van der Waals surface area contributed by atoms with Gasteiger partial charge in [-0.3, -0.25) is 14.9 Å². The molecule has 2 aromatic rings. The van der Waals surface area contributed by atoms with Crippen LogP contribution in [0.25, 0.3) is 0 Å². The number of aromatic nitrogens is 1. The predicted molar refractivity (Wildman–Crippen MR) is 97.1 cm³/mol. The number of aryl methyl sites for hydroxylation is 1. The van der Waals surface area contributed by atoms with Crippen LogP contribution in [0, 0.1) is 0 Å². The Morgan fingerprint density at radius 3 is 2.88 bits per heavy atom. The third kappa shape index (κ3) is 6.29. The quantitative estimate of drug-likeness (QED) is 0.180. The molecule has 0 unspecified atom stereocenters. The second-order valence-corrected chi connectivity index (χ2v) is 6.69. The van der Waals surface area contributed by atoms with Gasteiger partial charge in [0.05, 0.1) is 17.8 Å². The van der Waals surface area contributed by atoms with Crippen molar-refractivity contribution in [3.05, 3.63) is 39.9 Å². The van der Waals surface area contributed by atoms with Crippen molar-refractivity contribution < 1.29 is 23.5 Å². The molecule has 0 bridgehead atoms. The molecule has 10 heteroatoms. The fourth-order valence-corrected chi connectivity index (χ4v) is 3.17. The topological polar surface area (TPSA) is 86.8 Å². The van der Waals surface area contributed by atoms with Crippen LogP contribution in [0.4, 0.5) is 5.13 Å². The number of halogens is 1. The zero-order chi connectivity index (χ0) is 18.2. The summed E-state index contributed by atoms with van der Waals surface area (Å²) in [6.45, 7) is 1.27. The van der Waals surface area contributed by atoms with E-state index in [-0.39, 0.29) is 16.7 Å². The normalized spacial score (nSPS) is 10.5. The van der Waals surface area contributed by atoms with E-state index >= 15 is 0 Å². The van der Waals surface area contributed by atoms with Crippen LogP contribution in [0.5, 0.6) is 5.75 Å². The first kappa shape index (κ1) is 19.7. The Balaban J connectivity index is 1.94. The van der Waals surface area contributed by atoms with Crippen molar-refractivity contribution in [1.82, 2.24) is 4.98 Å². The molecular weight excluding hydrogens is 388 g/mol. The standard InChI is InChI=1S/C15H15ClN2O5S2/c1-9(19)22-13-4-3-10(7-12(13)16)14(20)18-15-17-11(8-24-15)5-6-25-23-21-2/h3-4,7-8H,5-6H2,1-2H3,(H,17,18,20). The summed E-state index contributed by atoms with van der Waals surface area (Å²) in [5, 5.41) is 5.23. The van der Waals surface area contributed by atoms with E-state index in [9.17, 15) is 9.59 Å². The monoisotopic (exact) mass is 402 g/mol. The number of benzene rings is 1. The number of esters is 1. The number of amides is 1. The molecule has 1 N–H and O–H groups in total. The molecule has 1 amide bonds. The van der Waals surface area contributed by atoms with Gasteiger partial charge in [0.25, 0.3) is 5.91 Å². The number of ether oxygens (including phenoxy) is 1. The molecule has 0 saturated heterocycles. The lowest BCUT2D eigenvalue weighted by molar-refractivity contribution is -0.160. The summed E-state index contributed by atoms with van der Waals surface area (Å²) in [5.41, 5.74) is 1.18. The van der Waals surface area contributed by atoms with E-state index in [0.717, 1.165) is 5.69 Å². The van der Waals surface area contributed by atoms with E-state index in [1.54, 1.807) is 0 Å². The molecule has 0 radical (unpaired) electrons. The minimum Gasteiger partial charge on any atom is -0.425 e. The fourth-order valence-electron chi connectivity index (χ4n) is 1.76. The predicted octanol–water partition coefficient (Wildman–Crippen LogP) is 3.74. The molecule has 0 aliphatic rings. The van der Waals surface area contributed by atoms with Crippen LogP contribution >= 0.6 is 35.0 Å². The first-order valence-electron chi connectivity index (χ1n) is 7.05. The van der Waals surface area contributed by atoms with Gasteiger partial charge in [-0.15, -0.1) is 11.3 Å². The number of carbonyl (C=O) groups excluding carboxylic acids is 2. The minimum atomic E-state index is -0.483. The summed E-state index contributed by atoms with van der Waals surface area (Å²) < 4.78 is 9.63. The molecule has 1 aromatic heterocycles. The minimum absolute atomic E-state index is 0.179. The lowest BCUT2D eigenvalue weighted by Crippen LogP contribution is -2.12. The Kier molecular flexibility index (Phi) is 7.66. The van der Waals surface area contributed by atoms with E-state index in [1.165, 1.54) is 55.6 Å². The Labute approximate surface area is 157 Å². The molecule has 1 aromatic carbocycles. The van der Waals surface area contributed by atoms with Gasteiger partial charge >= 0.3 is 5.97 Å². The SMILES string of the molecule is COOSCCc1csc(NC(=O)c2ccc(OC(C)=O)c(Cl)c2)n1. The number of nitrogens with one attached hydrogen (secondary N) is 1. The van der Waals surface area contributed by atoms with Crippen LogP contribution < -0.4 is 10.1 Å². The fraction of sp³-hybridized carbons (Fsp3) is 0.267. The van der Waals surface area contributed by atoms with E-state index in [1.807, 2.05) is 5.38 Å². The van der Waals surface area contributed by atoms with Gasteiger partial charge in [0.1, 0.15) is 5.75 Å². The van der Waals surface area contributed by atoms with Gasteiger partial charge in [0.2, 0.25) is 0 Å². The lowest BCUT2D eigenvalue weighted by atomic mass is 10.2. The molecule has 0 atom stereocenters. The second-order valence-electron chi connectivity index (χ2n) is 4.64. The highest BCUT2D eigenvalue weighted by molar-refractivity contribution is 7.94. The molecule has 0 aliphatic carbocycles. The summed E-state index contributed by atoms with van der Waals surface area (Å²) in [6.07, 6.45) is 0.684. The lowest BCUT2D eigenvalue weighted by Gasteiger charge is -2.06. The second kappa shape index (κ2) is 9.73. The van der Waals surface area contributed by atoms with Crippen molar-refractivity contribution >= 4 is 52.0 Å². The Morgan fingerprint density at radius 2 is 2.20 bits per heavy atom. The van der Waals surface area contributed by atoms with Gasteiger partial charge in [-0.1, -0.05) is 11.6 Å². The summed E-state index contributed by atoms with van der Waals surface area (Å²) in [4.78, 5) is 32.0. The Hall–Kier alpha value is -1.65. The van der Waals surface area contributed by atoms with E-state index in [2.05, 4.69) is 15.2 Å². The number of thiazole rings is 1. The van der Waals surface area contributed by atoms with E-state index in [4.69, 9.17) is 20.7 Å². The molecule has 25 heavy (non-hydrogen) atoms. The number of nitrogens with zero attached hydrogens (tertiary/aromatic N) is 1.